The van der Waals surface area contributed by atoms with Gasteiger partial charge in [-0.15, -0.1) is 0 Å². The molecule has 18 heavy (non-hydrogen) atoms. The molecule has 96 valence electrons. The maximum Gasteiger partial charge on any atom is 0.164 e. The quantitative estimate of drug-likeness (QED) is 0.698. The molecule has 0 atom stereocenters. The van der Waals surface area contributed by atoms with Crippen LogP contribution >= 0.6 is 0 Å². The third-order valence-corrected chi connectivity index (χ3v) is 4.87. The molecule has 2 aliphatic rings. The summed E-state index contributed by atoms with van der Waals surface area (Å²) in [5, 5.41) is 0. The van der Waals surface area contributed by atoms with Gasteiger partial charge in [-0.25, -0.2) is 0 Å². The zero-order valence-corrected chi connectivity index (χ0v) is 11.5. The predicted octanol–water partition coefficient (Wildman–Crippen LogP) is 2.85. The standard InChI is InChI=1S/C16H21NO/c1-11-4-5-12(2)15-14(11)13(18)10-16(15)6-8-17(3)9-7-16/h4-5H,6-10H2,1-3H3. The van der Waals surface area contributed by atoms with E-state index in [2.05, 4.69) is 37.9 Å². The van der Waals surface area contributed by atoms with Gasteiger partial charge in [-0.2, -0.15) is 0 Å². The predicted molar refractivity (Wildman–Crippen MR) is 73.3 cm³/mol. The van der Waals surface area contributed by atoms with Crippen LogP contribution < -0.4 is 0 Å². The van der Waals surface area contributed by atoms with Crippen molar-refractivity contribution in [2.24, 2.45) is 0 Å². The van der Waals surface area contributed by atoms with Gasteiger partial charge in [0.1, 0.15) is 0 Å². The van der Waals surface area contributed by atoms with Crippen molar-refractivity contribution in [2.45, 2.75) is 38.5 Å². The summed E-state index contributed by atoms with van der Waals surface area (Å²) in [6.07, 6.45) is 3.00. The van der Waals surface area contributed by atoms with Gasteiger partial charge in [0.05, 0.1) is 0 Å². The van der Waals surface area contributed by atoms with Crippen LogP contribution in [-0.4, -0.2) is 30.8 Å². The average molecular weight is 243 g/mol. The van der Waals surface area contributed by atoms with Gasteiger partial charge in [0.15, 0.2) is 5.78 Å². The second-order valence-corrected chi connectivity index (χ2v) is 6.13. The number of hydrogen-bond acceptors (Lipinski definition) is 2. The zero-order chi connectivity index (χ0) is 12.9. The first-order valence-electron chi connectivity index (χ1n) is 6.86. The van der Waals surface area contributed by atoms with Crippen molar-refractivity contribution in [2.75, 3.05) is 20.1 Å². The minimum absolute atomic E-state index is 0.148. The van der Waals surface area contributed by atoms with Crippen LogP contribution in [0.1, 0.15) is 46.3 Å². The Hall–Kier alpha value is -1.15. The van der Waals surface area contributed by atoms with E-state index in [0.717, 1.165) is 43.5 Å². The van der Waals surface area contributed by atoms with E-state index in [0.29, 0.717) is 5.78 Å². The molecule has 1 aromatic carbocycles. The summed E-state index contributed by atoms with van der Waals surface area (Å²) in [6, 6.07) is 4.28. The molecule has 0 unspecified atom stereocenters. The van der Waals surface area contributed by atoms with Crippen LogP contribution in [0.3, 0.4) is 0 Å². The average Bonchev–Trinajstić information content (AvgIpc) is 2.63. The van der Waals surface area contributed by atoms with Crippen molar-refractivity contribution < 1.29 is 4.79 Å². The van der Waals surface area contributed by atoms with Crippen molar-refractivity contribution in [3.63, 3.8) is 0 Å². The highest BCUT2D eigenvalue weighted by Crippen LogP contribution is 2.48. The minimum atomic E-state index is 0.148. The van der Waals surface area contributed by atoms with E-state index < -0.39 is 0 Å². The van der Waals surface area contributed by atoms with Crippen molar-refractivity contribution in [3.8, 4) is 0 Å². The number of rotatable bonds is 0. The van der Waals surface area contributed by atoms with Crippen molar-refractivity contribution >= 4 is 5.78 Å². The highest BCUT2D eigenvalue weighted by molar-refractivity contribution is 6.04. The topological polar surface area (TPSA) is 20.3 Å². The molecule has 1 fully saturated rings. The van der Waals surface area contributed by atoms with E-state index >= 15 is 0 Å². The fourth-order valence-corrected chi connectivity index (χ4v) is 3.81. The molecule has 1 aliphatic heterocycles. The SMILES string of the molecule is Cc1ccc(C)c2c1C(=O)CC21CCN(C)CC1. The number of aryl methyl sites for hydroxylation is 2. The molecule has 1 aliphatic carbocycles. The summed E-state index contributed by atoms with van der Waals surface area (Å²) >= 11 is 0. The molecule has 0 saturated carbocycles. The van der Waals surface area contributed by atoms with Crippen molar-refractivity contribution in [1.29, 1.82) is 0 Å². The van der Waals surface area contributed by atoms with Crippen LogP contribution in [-0.2, 0) is 5.41 Å². The lowest BCUT2D eigenvalue weighted by Crippen LogP contribution is -2.40. The Balaban J connectivity index is 2.14. The molecule has 2 heteroatoms. The van der Waals surface area contributed by atoms with E-state index in [1.54, 1.807) is 0 Å². The molecule has 2 nitrogen and oxygen atoms in total. The lowest BCUT2D eigenvalue weighted by molar-refractivity contribution is 0.0945. The monoisotopic (exact) mass is 243 g/mol. The van der Waals surface area contributed by atoms with Gasteiger partial charge in [0, 0.05) is 17.4 Å². The van der Waals surface area contributed by atoms with Crippen molar-refractivity contribution in [3.05, 3.63) is 34.4 Å². The Labute approximate surface area is 109 Å². The minimum Gasteiger partial charge on any atom is -0.306 e. The molecule has 1 spiro atoms. The molecule has 0 N–H and O–H groups in total. The summed E-state index contributed by atoms with van der Waals surface area (Å²) in [7, 11) is 2.17. The number of carbonyl (C=O) groups excluding carboxylic acids is 1. The Morgan fingerprint density at radius 1 is 1.11 bits per heavy atom. The molecule has 0 radical (unpaired) electrons. The normalized spacial score (nSPS) is 22.5. The first-order chi connectivity index (χ1) is 8.53. The molecule has 1 aromatic rings. The van der Waals surface area contributed by atoms with Gasteiger partial charge in [-0.3, -0.25) is 4.79 Å². The zero-order valence-electron chi connectivity index (χ0n) is 11.5. The molecule has 3 rings (SSSR count). The molecule has 1 heterocycles. The van der Waals surface area contributed by atoms with E-state index in [1.165, 1.54) is 11.1 Å². The number of ketones is 1. The third-order valence-electron chi connectivity index (χ3n) is 4.87. The van der Waals surface area contributed by atoms with Gasteiger partial charge in [-0.05, 0) is 63.5 Å². The number of hydrogen-bond donors (Lipinski definition) is 0. The lowest BCUT2D eigenvalue weighted by atomic mass is 9.72. The number of carbonyl (C=O) groups is 1. The van der Waals surface area contributed by atoms with Crippen LogP contribution in [0.25, 0.3) is 0 Å². The van der Waals surface area contributed by atoms with E-state index in [1.807, 2.05) is 0 Å². The summed E-state index contributed by atoms with van der Waals surface area (Å²) in [4.78, 5) is 14.8. The first kappa shape index (κ1) is 11.9. The fourth-order valence-electron chi connectivity index (χ4n) is 3.81. The van der Waals surface area contributed by atoms with E-state index in [4.69, 9.17) is 0 Å². The Morgan fingerprint density at radius 2 is 1.72 bits per heavy atom. The maximum absolute atomic E-state index is 12.4. The Bertz CT molecular complexity index is 510. The summed E-state index contributed by atoms with van der Waals surface area (Å²) in [5.74, 6) is 0.371. The van der Waals surface area contributed by atoms with Crippen LogP contribution in [0.15, 0.2) is 12.1 Å². The number of likely N-dealkylation sites (tertiary alicyclic amines) is 1. The van der Waals surface area contributed by atoms with Crippen molar-refractivity contribution in [1.82, 2.24) is 4.90 Å². The molecule has 0 bridgehead atoms. The fraction of sp³-hybridized carbons (Fsp3) is 0.562. The van der Waals surface area contributed by atoms with E-state index in [9.17, 15) is 4.79 Å². The van der Waals surface area contributed by atoms with Gasteiger partial charge in [0.2, 0.25) is 0 Å². The van der Waals surface area contributed by atoms with Gasteiger partial charge < -0.3 is 4.90 Å². The van der Waals surface area contributed by atoms with Gasteiger partial charge >= 0.3 is 0 Å². The highest BCUT2D eigenvalue weighted by Gasteiger charge is 2.46. The number of piperidine rings is 1. The molecule has 0 aromatic heterocycles. The second kappa shape index (κ2) is 3.92. The van der Waals surface area contributed by atoms with Gasteiger partial charge in [-0.1, -0.05) is 12.1 Å². The number of fused-ring (bicyclic) bond motifs is 2. The number of benzene rings is 1. The molecule has 1 saturated heterocycles. The Morgan fingerprint density at radius 3 is 2.39 bits per heavy atom. The van der Waals surface area contributed by atoms with Crippen LogP contribution in [0, 0.1) is 13.8 Å². The lowest BCUT2D eigenvalue weighted by Gasteiger charge is -2.38. The molecule has 0 amide bonds. The smallest absolute Gasteiger partial charge is 0.164 e. The second-order valence-electron chi connectivity index (χ2n) is 6.13. The number of Topliss-reactive ketones (excluding diaryl/α,β-unsaturated/α-hetero) is 1. The third kappa shape index (κ3) is 1.55. The summed E-state index contributed by atoms with van der Waals surface area (Å²) in [6.45, 7) is 6.46. The van der Waals surface area contributed by atoms with Crippen LogP contribution in [0.4, 0.5) is 0 Å². The van der Waals surface area contributed by atoms with Crippen LogP contribution in [0.2, 0.25) is 0 Å². The Kier molecular flexibility index (Phi) is 2.60. The largest absolute Gasteiger partial charge is 0.306 e. The van der Waals surface area contributed by atoms with E-state index in [-0.39, 0.29) is 5.41 Å². The summed E-state index contributed by atoms with van der Waals surface area (Å²) in [5.41, 5.74) is 5.04. The number of nitrogens with zero attached hydrogens (tertiary/aromatic N) is 1. The first-order valence-corrected chi connectivity index (χ1v) is 6.86. The van der Waals surface area contributed by atoms with Crippen LogP contribution in [0.5, 0.6) is 0 Å². The molecular formula is C16H21NO. The van der Waals surface area contributed by atoms with Gasteiger partial charge in [0.25, 0.3) is 0 Å². The maximum atomic E-state index is 12.4. The summed E-state index contributed by atoms with van der Waals surface area (Å²) < 4.78 is 0. The highest BCUT2D eigenvalue weighted by atomic mass is 16.1. The molecular weight excluding hydrogens is 222 g/mol.